The van der Waals surface area contributed by atoms with Crippen LogP contribution in [-0.2, 0) is 6.18 Å². The zero-order valence-electron chi connectivity index (χ0n) is 7.73. The first kappa shape index (κ1) is 13.3. The molecule has 0 saturated heterocycles. The minimum absolute atomic E-state index is 0.202. The normalized spacial score (nSPS) is 11.9. The van der Waals surface area contributed by atoms with Gasteiger partial charge < -0.3 is 5.11 Å². The van der Waals surface area contributed by atoms with Gasteiger partial charge in [-0.05, 0) is 6.07 Å². The Bertz CT molecular complexity index is 456. The second kappa shape index (κ2) is 4.22. The van der Waals surface area contributed by atoms with Gasteiger partial charge in [0.25, 0.3) is 6.43 Å². The first-order chi connectivity index (χ1) is 7.64. The maximum Gasteiger partial charge on any atom is 0.420 e. The summed E-state index contributed by atoms with van der Waals surface area (Å²) in [6.45, 7) is 0. The van der Waals surface area contributed by atoms with E-state index in [1.54, 1.807) is 0 Å². The molecule has 1 N–H and O–H groups in total. The maximum atomic E-state index is 12.8. The molecule has 17 heavy (non-hydrogen) atoms. The zero-order valence-corrected chi connectivity index (χ0v) is 7.73. The highest BCUT2D eigenvalue weighted by Crippen LogP contribution is 2.33. The predicted molar refractivity (Wildman–Crippen MR) is 41.1 cm³/mol. The Balaban J connectivity index is 3.51. The molecule has 9 heteroatoms. The van der Waals surface area contributed by atoms with E-state index in [2.05, 4.69) is 4.98 Å². The van der Waals surface area contributed by atoms with Crippen LogP contribution in [0.15, 0.2) is 6.07 Å². The Morgan fingerprint density at radius 2 is 1.88 bits per heavy atom. The van der Waals surface area contributed by atoms with Gasteiger partial charge in [0.2, 0.25) is 5.95 Å². The van der Waals surface area contributed by atoms with Gasteiger partial charge in [0.05, 0.1) is 5.56 Å². The molecule has 1 aromatic heterocycles. The number of carboxylic acids is 1. The third kappa shape index (κ3) is 2.66. The van der Waals surface area contributed by atoms with Crippen LogP contribution in [0.4, 0.5) is 26.3 Å². The van der Waals surface area contributed by atoms with Gasteiger partial charge in [-0.15, -0.1) is 0 Å². The van der Waals surface area contributed by atoms with Crippen molar-refractivity contribution in [2.24, 2.45) is 0 Å². The smallest absolute Gasteiger partial charge is 0.420 e. The molecule has 0 aromatic carbocycles. The molecule has 1 heterocycles. The topological polar surface area (TPSA) is 50.2 Å². The van der Waals surface area contributed by atoms with E-state index in [9.17, 15) is 31.1 Å². The molecule has 0 bridgehead atoms. The van der Waals surface area contributed by atoms with Crippen molar-refractivity contribution in [3.05, 3.63) is 28.8 Å². The third-order valence-corrected chi connectivity index (χ3v) is 1.75. The average molecular weight is 259 g/mol. The van der Waals surface area contributed by atoms with Crippen molar-refractivity contribution < 1.29 is 36.2 Å². The zero-order chi connectivity index (χ0) is 13.4. The molecule has 3 nitrogen and oxygen atoms in total. The number of nitrogens with zero attached hydrogens (tertiary/aromatic N) is 1. The number of rotatable bonds is 2. The van der Waals surface area contributed by atoms with E-state index < -0.39 is 41.3 Å². The van der Waals surface area contributed by atoms with E-state index in [1.807, 2.05) is 0 Å². The fourth-order valence-corrected chi connectivity index (χ4v) is 1.04. The van der Waals surface area contributed by atoms with E-state index >= 15 is 0 Å². The number of aromatic carboxylic acids is 1. The third-order valence-electron chi connectivity index (χ3n) is 1.75. The van der Waals surface area contributed by atoms with E-state index in [-0.39, 0.29) is 6.07 Å². The minimum Gasteiger partial charge on any atom is -0.478 e. The van der Waals surface area contributed by atoms with Crippen LogP contribution in [0, 0.1) is 5.95 Å². The molecule has 0 radical (unpaired) electrons. The summed E-state index contributed by atoms with van der Waals surface area (Å²) >= 11 is 0. The Hall–Kier alpha value is -1.80. The highest BCUT2D eigenvalue weighted by Gasteiger charge is 2.37. The summed E-state index contributed by atoms with van der Waals surface area (Å²) in [6.07, 6.45) is -8.69. The largest absolute Gasteiger partial charge is 0.478 e. The number of aromatic nitrogens is 1. The lowest BCUT2D eigenvalue weighted by Crippen LogP contribution is -2.15. The number of carbonyl (C=O) groups is 1. The SMILES string of the molecule is O=C(O)c1cc(C(F)(F)F)c(F)nc1C(F)F. The van der Waals surface area contributed by atoms with Crippen molar-refractivity contribution in [1.29, 1.82) is 0 Å². The fourth-order valence-electron chi connectivity index (χ4n) is 1.04. The highest BCUT2D eigenvalue weighted by atomic mass is 19.4. The molecule has 0 saturated carbocycles. The summed E-state index contributed by atoms with van der Waals surface area (Å²) in [5.74, 6) is -4.23. The van der Waals surface area contributed by atoms with Gasteiger partial charge in [-0.3, -0.25) is 0 Å². The van der Waals surface area contributed by atoms with Crippen LogP contribution in [0.3, 0.4) is 0 Å². The van der Waals surface area contributed by atoms with Gasteiger partial charge in [-0.2, -0.15) is 17.6 Å². The predicted octanol–water partition coefficient (Wildman–Crippen LogP) is 2.88. The van der Waals surface area contributed by atoms with Gasteiger partial charge in [0.1, 0.15) is 11.3 Å². The summed E-state index contributed by atoms with van der Waals surface area (Å²) in [4.78, 5) is 12.8. The van der Waals surface area contributed by atoms with Crippen molar-refractivity contribution in [2.45, 2.75) is 12.6 Å². The van der Waals surface area contributed by atoms with Crippen LogP contribution < -0.4 is 0 Å². The number of carboxylic acid groups (broad SMARTS) is 1. The Labute approximate surface area is 89.7 Å². The fraction of sp³-hybridized carbons (Fsp3) is 0.250. The van der Waals surface area contributed by atoms with Crippen molar-refractivity contribution in [3.63, 3.8) is 0 Å². The molecule has 0 aliphatic heterocycles. The van der Waals surface area contributed by atoms with Crippen molar-refractivity contribution in [1.82, 2.24) is 4.98 Å². The minimum atomic E-state index is -5.21. The van der Waals surface area contributed by atoms with Crippen LogP contribution in [0.1, 0.15) is 28.0 Å². The van der Waals surface area contributed by atoms with E-state index in [0.717, 1.165) is 0 Å². The molecule has 0 aliphatic carbocycles. The Kier molecular flexibility index (Phi) is 3.30. The maximum absolute atomic E-state index is 12.8. The van der Waals surface area contributed by atoms with Gasteiger partial charge in [-0.1, -0.05) is 0 Å². The van der Waals surface area contributed by atoms with Gasteiger partial charge in [-0.25, -0.2) is 18.6 Å². The highest BCUT2D eigenvalue weighted by molar-refractivity contribution is 5.89. The Morgan fingerprint density at radius 3 is 2.24 bits per heavy atom. The monoisotopic (exact) mass is 259 g/mol. The standard InChI is InChI=1S/C8H3F6NO2/c9-5(10)4-2(7(16)17)1-3(6(11)15-4)8(12,13)14/h1,5H,(H,16,17). The number of hydrogen-bond donors (Lipinski definition) is 1. The molecular formula is C8H3F6NO2. The summed E-state index contributed by atoms with van der Waals surface area (Å²) in [5.41, 5.74) is -4.92. The van der Waals surface area contributed by atoms with Gasteiger partial charge in [0.15, 0.2) is 0 Å². The van der Waals surface area contributed by atoms with Crippen LogP contribution in [0.25, 0.3) is 0 Å². The van der Waals surface area contributed by atoms with E-state index in [4.69, 9.17) is 5.11 Å². The lowest BCUT2D eigenvalue weighted by Gasteiger charge is -2.10. The van der Waals surface area contributed by atoms with E-state index in [0.29, 0.717) is 0 Å². The molecule has 0 aliphatic rings. The molecule has 0 fully saturated rings. The summed E-state index contributed by atoms with van der Waals surface area (Å²) < 4.78 is 73.7. The summed E-state index contributed by atoms with van der Waals surface area (Å²) in [5, 5.41) is 8.43. The Morgan fingerprint density at radius 1 is 1.35 bits per heavy atom. The summed E-state index contributed by atoms with van der Waals surface area (Å²) in [6, 6.07) is -0.202. The molecule has 1 aromatic rings. The molecular weight excluding hydrogens is 256 g/mol. The first-order valence-electron chi connectivity index (χ1n) is 3.93. The van der Waals surface area contributed by atoms with Gasteiger partial charge >= 0.3 is 12.1 Å². The van der Waals surface area contributed by atoms with Crippen molar-refractivity contribution in [2.75, 3.05) is 0 Å². The second-order valence-corrected chi connectivity index (χ2v) is 2.86. The van der Waals surface area contributed by atoms with Crippen molar-refractivity contribution >= 4 is 5.97 Å². The molecule has 0 unspecified atom stereocenters. The lowest BCUT2D eigenvalue weighted by atomic mass is 10.1. The average Bonchev–Trinajstić information content (AvgIpc) is 2.14. The number of halogens is 6. The van der Waals surface area contributed by atoms with Gasteiger partial charge in [0, 0.05) is 0 Å². The summed E-state index contributed by atoms with van der Waals surface area (Å²) in [7, 11) is 0. The van der Waals surface area contributed by atoms with E-state index in [1.165, 1.54) is 0 Å². The van der Waals surface area contributed by atoms with Crippen molar-refractivity contribution in [3.8, 4) is 0 Å². The van der Waals surface area contributed by atoms with Crippen LogP contribution in [0.5, 0.6) is 0 Å². The number of alkyl halides is 5. The molecule has 94 valence electrons. The molecule has 0 atom stereocenters. The van der Waals surface area contributed by atoms with Crippen LogP contribution in [0.2, 0.25) is 0 Å². The number of hydrogen-bond acceptors (Lipinski definition) is 2. The van der Waals surface area contributed by atoms with Crippen LogP contribution in [-0.4, -0.2) is 16.1 Å². The molecule has 0 amide bonds. The quantitative estimate of drug-likeness (QED) is 0.656. The first-order valence-corrected chi connectivity index (χ1v) is 3.93. The van der Waals surface area contributed by atoms with Crippen LogP contribution >= 0.6 is 0 Å². The molecule has 1 rings (SSSR count). The molecule has 0 spiro atoms. The second-order valence-electron chi connectivity index (χ2n) is 2.86. The number of pyridine rings is 1. The lowest BCUT2D eigenvalue weighted by molar-refractivity contribution is -0.140.